The number of carboxylic acids is 1. The van der Waals surface area contributed by atoms with Crippen molar-refractivity contribution in [3.05, 3.63) is 69.8 Å². The molecule has 2 saturated carbocycles. The first kappa shape index (κ1) is 51.0. The van der Waals surface area contributed by atoms with E-state index in [1.165, 1.54) is 0 Å². The van der Waals surface area contributed by atoms with Gasteiger partial charge in [-0.25, -0.2) is 19.6 Å². The predicted molar refractivity (Wildman–Crippen MR) is 249 cm³/mol. The second-order valence-electron chi connectivity index (χ2n) is 17.9. The fourth-order valence-electron chi connectivity index (χ4n) is 8.60. The van der Waals surface area contributed by atoms with E-state index in [0.29, 0.717) is 37.5 Å². The summed E-state index contributed by atoms with van der Waals surface area (Å²) in [4.78, 5) is 71.7. The Morgan fingerprint density at radius 3 is 1.48 bits per heavy atom. The molecule has 2 aliphatic rings. The number of carbonyl (C=O) groups is 2. The van der Waals surface area contributed by atoms with E-state index in [2.05, 4.69) is 44.0 Å². The molecule has 0 saturated heterocycles. The van der Waals surface area contributed by atoms with Crippen LogP contribution in [0, 0.1) is 23.7 Å². The number of aromatic nitrogens is 7. The van der Waals surface area contributed by atoms with Crippen molar-refractivity contribution in [1.82, 2.24) is 43.0 Å². The summed E-state index contributed by atoms with van der Waals surface area (Å²) < 4.78 is 22.4. The molecule has 65 heavy (non-hydrogen) atoms. The van der Waals surface area contributed by atoms with Gasteiger partial charge >= 0.3 is 30.2 Å². The van der Waals surface area contributed by atoms with Gasteiger partial charge in [0, 0.05) is 97.4 Å². The first-order chi connectivity index (χ1) is 31.0. The van der Waals surface area contributed by atoms with Crippen molar-refractivity contribution in [1.29, 1.82) is 0 Å². The van der Waals surface area contributed by atoms with Crippen LogP contribution in [0.4, 0.5) is 21.7 Å². The monoisotopic (exact) mass is 896 g/mol. The molecule has 17 nitrogen and oxygen atoms in total. The molecule has 0 atom stereocenters. The third-order valence-electron chi connectivity index (χ3n) is 12.7. The second kappa shape index (κ2) is 24.5. The van der Waals surface area contributed by atoms with Crippen LogP contribution in [0.5, 0.6) is 0 Å². The zero-order valence-electron chi connectivity index (χ0n) is 40.9. The Labute approximate surface area is 395 Å². The van der Waals surface area contributed by atoms with Crippen LogP contribution in [0.25, 0.3) is 22.3 Å². The SMILES string of the molecule is CN(C)CCN(C)c1ccc2c(n1)n(CC1CCC(C(=O)Nc3ccncc3)CC1)c(=O)n2C.CN(C)CCN(C)c1ccc2c(n1)n(CC1CCC(C(=O)[O-])CC1)c(=O)n2C.[2H]CF.[Li+]. The van der Waals surface area contributed by atoms with E-state index in [4.69, 9.17) is 11.3 Å². The number of nitrogens with one attached hydrogen (secondary N) is 1. The topological polar surface area (TPSA) is 175 Å². The van der Waals surface area contributed by atoms with Gasteiger partial charge in [-0.1, -0.05) is 0 Å². The number of aryl methyl sites for hydroxylation is 2. The molecule has 5 aromatic heterocycles. The van der Waals surface area contributed by atoms with Gasteiger partial charge in [-0.3, -0.25) is 32.4 Å². The number of amides is 1. The van der Waals surface area contributed by atoms with Gasteiger partial charge in [0.05, 0.1) is 19.6 Å². The Morgan fingerprint density at radius 2 is 1.09 bits per heavy atom. The summed E-state index contributed by atoms with van der Waals surface area (Å²) in [5, 5.41) is 14.1. The average Bonchev–Trinajstić information content (AvgIpc) is 3.67. The number of aliphatic carboxylic acids is 1. The van der Waals surface area contributed by atoms with Crippen LogP contribution in [-0.4, -0.2) is 131 Å². The van der Waals surface area contributed by atoms with Crippen LogP contribution in [0.1, 0.15) is 52.7 Å². The zero-order valence-corrected chi connectivity index (χ0v) is 39.9. The number of nitrogens with zero attached hydrogens (tertiary/aromatic N) is 11. The molecule has 19 heteroatoms. The molecule has 0 aromatic carbocycles. The third-order valence-corrected chi connectivity index (χ3v) is 12.7. The molecule has 0 aliphatic heterocycles. The molecule has 1 amide bonds. The van der Waals surface area contributed by atoms with Crippen molar-refractivity contribution in [2.24, 2.45) is 37.8 Å². The predicted octanol–water partition coefficient (Wildman–Crippen LogP) is 0.452. The molecule has 0 unspecified atom stereocenters. The summed E-state index contributed by atoms with van der Waals surface area (Å²) in [6, 6.07) is 11.5. The Kier molecular flexibility index (Phi) is 19.2. The minimum atomic E-state index is -1.00. The maximum Gasteiger partial charge on any atom is 1.00 e. The molecular formula is C46H68FLiN12O5. The molecule has 5 aromatic rings. The van der Waals surface area contributed by atoms with E-state index in [0.717, 1.165) is 98.7 Å². The summed E-state index contributed by atoms with van der Waals surface area (Å²) >= 11 is 0. The zero-order chi connectivity index (χ0) is 47.4. The van der Waals surface area contributed by atoms with Crippen molar-refractivity contribution in [3.8, 4) is 0 Å². The van der Waals surface area contributed by atoms with Crippen molar-refractivity contribution in [2.45, 2.75) is 64.5 Å². The second-order valence-corrected chi connectivity index (χ2v) is 17.9. The van der Waals surface area contributed by atoms with Crippen LogP contribution >= 0.6 is 0 Å². The number of hydrogen-bond acceptors (Lipinski definition) is 12. The van der Waals surface area contributed by atoms with Crippen molar-refractivity contribution >= 4 is 51.5 Å². The molecule has 7 rings (SSSR count). The van der Waals surface area contributed by atoms with Gasteiger partial charge in [-0.05, 0) is 134 Å². The van der Waals surface area contributed by atoms with Crippen LogP contribution in [0.3, 0.4) is 0 Å². The number of halogens is 1. The molecule has 0 bridgehead atoms. The number of alkyl halides is 1. The number of carboxylic acid groups (broad SMARTS) is 1. The average molecular weight is 896 g/mol. The first-order valence-electron chi connectivity index (χ1n) is 22.8. The van der Waals surface area contributed by atoms with E-state index in [1.807, 2.05) is 57.0 Å². The number of fused-ring (bicyclic) bond motifs is 2. The van der Waals surface area contributed by atoms with Crippen LogP contribution in [0.15, 0.2) is 58.4 Å². The van der Waals surface area contributed by atoms with Gasteiger partial charge in [0.1, 0.15) is 11.6 Å². The van der Waals surface area contributed by atoms with Gasteiger partial charge in [-0.15, -0.1) is 0 Å². The minimum absolute atomic E-state index is 0. The summed E-state index contributed by atoms with van der Waals surface area (Å²) in [5.41, 5.74) is 3.77. The quantitative estimate of drug-likeness (QED) is 0.144. The molecular weight excluding hydrogens is 827 g/mol. The fourth-order valence-corrected chi connectivity index (χ4v) is 8.60. The Balaban J connectivity index is 0.000000273. The maximum atomic E-state index is 13.0. The number of rotatable bonds is 15. The number of likely N-dealkylation sites (N-methyl/N-ethyl adjacent to an activating group) is 4. The summed E-state index contributed by atoms with van der Waals surface area (Å²) in [7, 11) is 14.8. The Morgan fingerprint density at radius 1 is 0.692 bits per heavy atom. The van der Waals surface area contributed by atoms with Crippen LogP contribution < -0.4 is 50.5 Å². The minimum Gasteiger partial charge on any atom is -0.550 e. The molecule has 1 N–H and O–H groups in total. The third kappa shape index (κ3) is 13.5. The van der Waals surface area contributed by atoms with Gasteiger partial charge in [0.15, 0.2) is 11.3 Å². The molecule has 5 heterocycles. The summed E-state index contributed by atoms with van der Waals surface area (Å²) in [6.07, 6.45) is 9.67. The first-order valence-corrected chi connectivity index (χ1v) is 22.1. The fraction of sp³-hybridized carbons (Fsp3) is 0.587. The number of imidazole rings is 2. The number of anilines is 3. The normalized spacial score (nSPS) is 18.5. The summed E-state index contributed by atoms with van der Waals surface area (Å²) in [5.74, 6) is 1.12. The van der Waals surface area contributed by atoms with E-state index in [9.17, 15) is 28.7 Å². The molecule has 350 valence electrons. The van der Waals surface area contributed by atoms with Gasteiger partial charge in [-0.2, -0.15) is 0 Å². The van der Waals surface area contributed by atoms with E-state index < -0.39 is 13.1 Å². The number of pyridine rings is 3. The van der Waals surface area contributed by atoms with E-state index in [-0.39, 0.29) is 53.9 Å². The van der Waals surface area contributed by atoms with E-state index in [1.54, 1.807) is 52.3 Å². The van der Waals surface area contributed by atoms with Crippen molar-refractivity contribution in [2.75, 3.05) is 90.7 Å². The number of carbonyl (C=O) groups excluding carboxylic acids is 2. The smallest absolute Gasteiger partial charge is 0.550 e. The van der Waals surface area contributed by atoms with Crippen molar-refractivity contribution < 1.29 is 39.3 Å². The van der Waals surface area contributed by atoms with Gasteiger partial charge in [0.25, 0.3) is 0 Å². The van der Waals surface area contributed by atoms with E-state index >= 15 is 0 Å². The van der Waals surface area contributed by atoms with Crippen LogP contribution in [0.2, 0.25) is 0 Å². The van der Waals surface area contributed by atoms with Crippen molar-refractivity contribution in [3.63, 3.8) is 0 Å². The molecule has 0 spiro atoms. The van der Waals surface area contributed by atoms with Gasteiger partial charge in [0.2, 0.25) is 5.91 Å². The Bertz CT molecular complexity index is 2440. The van der Waals surface area contributed by atoms with Crippen LogP contribution in [-0.2, 0) is 36.8 Å². The standard InChI is InChI=1S/C25H35N7O2.C20H31N5O3.CH3F.Li/c1-29(2)15-16-30(3)22-10-9-21-23(28-22)32(25(34)31(21)4)17-18-5-7-19(8-6-18)24(33)27-20-11-13-26-14-12-20;1-22(2)11-12-23(3)17-10-9-16-18(21-17)25(20(28)24(16)4)13-14-5-7-15(8-6-14)19(26)27;1-2;/h9-14,18-19H,5-8,15-17H2,1-4H3,(H,26,27,33);9-10,14-15H,5-8,11-13H2,1-4H3,(H,26,27);1H3;/q;;;+1/p-1/i;;1D;. The Hall–Kier alpha value is -5.02. The maximum absolute atomic E-state index is 13.0. The molecule has 2 fully saturated rings. The molecule has 2 aliphatic carbocycles. The molecule has 0 radical (unpaired) electrons. The summed E-state index contributed by atoms with van der Waals surface area (Å²) in [6.45, 7) is 4.75. The largest absolute Gasteiger partial charge is 1.00 e. The van der Waals surface area contributed by atoms with Gasteiger partial charge < -0.3 is 34.8 Å². The number of hydrogen-bond donors (Lipinski definition) is 1.